The van der Waals surface area contributed by atoms with Crippen molar-refractivity contribution in [3.05, 3.63) is 203 Å². The third kappa shape index (κ3) is 15.0. The molecule has 11 nitrogen and oxygen atoms in total. The molecule has 6 unspecified atom stereocenters. The second-order valence-electron chi connectivity index (χ2n) is 17.5. The first-order chi connectivity index (χ1) is 33.9. The Kier molecular flexibility index (Phi) is 18.3. The molecule has 1 aliphatic heterocycles. The van der Waals surface area contributed by atoms with Crippen LogP contribution in [0.1, 0.15) is 71.4 Å². The fourth-order valence-corrected chi connectivity index (χ4v) is 8.74. The third-order valence-corrected chi connectivity index (χ3v) is 12.4. The topological polar surface area (TPSA) is 128 Å². The van der Waals surface area contributed by atoms with Gasteiger partial charge in [0.15, 0.2) is 6.29 Å². The molecule has 0 spiro atoms. The van der Waals surface area contributed by atoms with E-state index in [0.29, 0.717) is 45.5 Å². The first-order valence-electron chi connectivity index (χ1n) is 24.0. The van der Waals surface area contributed by atoms with Crippen LogP contribution in [0, 0.1) is 0 Å². The fourth-order valence-electron chi connectivity index (χ4n) is 8.74. The number of hydrogen-bond donors (Lipinski definition) is 1. The molecule has 1 amide bonds. The summed E-state index contributed by atoms with van der Waals surface area (Å²) in [5, 5.41) is 3.08. The molecule has 1 fully saturated rings. The van der Waals surface area contributed by atoms with E-state index in [1.165, 1.54) is 0 Å². The molecule has 6 atom stereocenters. The molecule has 69 heavy (non-hydrogen) atoms. The molecule has 2 aliphatic rings. The van der Waals surface area contributed by atoms with Gasteiger partial charge in [0.05, 0.1) is 58.1 Å². The van der Waals surface area contributed by atoms with Gasteiger partial charge in [-0.2, -0.15) is 0 Å². The highest BCUT2D eigenvalue weighted by Gasteiger charge is 2.41. The number of carbonyl (C=O) groups excluding carboxylic acids is 3. The van der Waals surface area contributed by atoms with Gasteiger partial charge < -0.3 is 38.5 Å². The van der Waals surface area contributed by atoms with Gasteiger partial charge in [0.25, 0.3) is 0 Å². The SMILES string of the molecule is O=C(CCC(=O)OCc1ccccc1)NC1Cc2ccc(-c3ccccc3)cc2C(C(=O)OCCCOC2OC(COCc3ccccc3)C(OCc3ccccc3)CC2OCc2ccccc2)C1. The van der Waals surface area contributed by atoms with E-state index in [9.17, 15) is 14.4 Å². The van der Waals surface area contributed by atoms with Crippen molar-refractivity contribution in [2.24, 2.45) is 0 Å². The number of esters is 2. The summed E-state index contributed by atoms with van der Waals surface area (Å²) in [6.07, 6.45) is -0.223. The highest BCUT2D eigenvalue weighted by Crippen LogP contribution is 2.36. The summed E-state index contributed by atoms with van der Waals surface area (Å²) in [6.45, 7) is 1.98. The first kappa shape index (κ1) is 49.0. The van der Waals surface area contributed by atoms with E-state index in [1.807, 2.05) is 164 Å². The second kappa shape index (κ2) is 25.8. The van der Waals surface area contributed by atoms with Crippen LogP contribution in [-0.4, -0.2) is 68.3 Å². The predicted octanol–water partition coefficient (Wildman–Crippen LogP) is 9.84. The van der Waals surface area contributed by atoms with Crippen molar-refractivity contribution in [3.8, 4) is 11.1 Å². The Morgan fingerprint density at radius 2 is 1.13 bits per heavy atom. The van der Waals surface area contributed by atoms with Crippen molar-refractivity contribution < 1.29 is 47.5 Å². The number of amides is 1. The highest BCUT2D eigenvalue weighted by atomic mass is 16.7. The minimum atomic E-state index is -0.733. The average molecular weight is 932 g/mol. The molecule has 11 heteroatoms. The zero-order valence-electron chi connectivity index (χ0n) is 38.9. The maximum atomic E-state index is 14.1. The lowest BCUT2D eigenvalue weighted by molar-refractivity contribution is -0.290. The van der Waals surface area contributed by atoms with Crippen molar-refractivity contribution in [1.29, 1.82) is 0 Å². The summed E-state index contributed by atoms with van der Waals surface area (Å²) in [7, 11) is 0. The first-order valence-corrected chi connectivity index (χ1v) is 24.0. The van der Waals surface area contributed by atoms with Crippen molar-refractivity contribution in [2.45, 2.75) is 102 Å². The van der Waals surface area contributed by atoms with Crippen molar-refractivity contribution in [3.63, 3.8) is 0 Å². The van der Waals surface area contributed by atoms with E-state index in [2.05, 4.69) is 11.4 Å². The normalized spacial score (nSPS) is 19.8. The summed E-state index contributed by atoms with van der Waals surface area (Å²) >= 11 is 0. The molecule has 0 radical (unpaired) electrons. The van der Waals surface area contributed by atoms with Crippen LogP contribution in [0.3, 0.4) is 0 Å². The maximum Gasteiger partial charge on any atom is 0.313 e. The van der Waals surface area contributed by atoms with Crippen molar-refractivity contribution in [1.82, 2.24) is 5.32 Å². The van der Waals surface area contributed by atoms with Gasteiger partial charge in [0.2, 0.25) is 5.91 Å². The van der Waals surface area contributed by atoms with E-state index >= 15 is 0 Å². The van der Waals surface area contributed by atoms with Gasteiger partial charge in [-0.05, 0) is 57.3 Å². The Morgan fingerprint density at radius 3 is 1.77 bits per heavy atom. The number of ether oxygens (including phenoxy) is 7. The summed E-state index contributed by atoms with van der Waals surface area (Å²) in [5.74, 6) is -1.73. The lowest BCUT2D eigenvalue weighted by Crippen LogP contribution is -2.52. The van der Waals surface area contributed by atoms with E-state index in [4.69, 9.17) is 33.2 Å². The smallest absolute Gasteiger partial charge is 0.313 e. The number of benzene rings is 6. The molecular formula is C58H61NO10. The van der Waals surface area contributed by atoms with E-state index in [-0.39, 0.29) is 63.3 Å². The number of rotatable bonds is 23. The molecule has 358 valence electrons. The summed E-state index contributed by atoms with van der Waals surface area (Å²) in [5.41, 5.74) is 7.89. The van der Waals surface area contributed by atoms with Gasteiger partial charge in [0.1, 0.15) is 18.8 Å². The van der Waals surface area contributed by atoms with Gasteiger partial charge in [-0.1, -0.05) is 170 Å². The van der Waals surface area contributed by atoms with Crippen LogP contribution in [0.2, 0.25) is 0 Å². The fraction of sp³-hybridized carbons (Fsp3) is 0.328. The molecule has 1 N–H and O–H groups in total. The standard InChI is InChI=1S/C58H61NO10/c60-55(29-30-56(61)68-40-45-23-12-4-13-24-45)59-49-33-48-28-27-47(46-25-14-5-15-26-46)34-50(48)51(35-49)57(62)64-31-16-32-65-58-53(67-39-44-21-10-3-11-22-44)36-52(66-38-43-19-8-2-9-20-43)54(69-58)41-63-37-42-17-6-1-7-18-42/h1-15,17-28,34,49,51-54,58H,16,29-33,35-41H2,(H,59,60). The summed E-state index contributed by atoms with van der Waals surface area (Å²) in [6, 6.07) is 55.3. The Bertz CT molecular complexity index is 2490. The predicted molar refractivity (Wildman–Crippen MR) is 261 cm³/mol. The molecule has 6 aromatic carbocycles. The molecule has 0 bridgehead atoms. The minimum absolute atomic E-state index is 0.0231. The van der Waals surface area contributed by atoms with Gasteiger partial charge in [-0.25, -0.2) is 0 Å². The van der Waals surface area contributed by atoms with Crippen LogP contribution in [0.15, 0.2) is 170 Å². The number of fused-ring (bicyclic) bond motifs is 1. The van der Waals surface area contributed by atoms with Crippen molar-refractivity contribution in [2.75, 3.05) is 19.8 Å². The van der Waals surface area contributed by atoms with Gasteiger partial charge in [-0.3, -0.25) is 14.4 Å². The third-order valence-electron chi connectivity index (χ3n) is 12.4. The van der Waals surface area contributed by atoms with Gasteiger partial charge >= 0.3 is 11.9 Å². The van der Waals surface area contributed by atoms with Crippen LogP contribution in [0.25, 0.3) is 11.1 Å². The van der Waals surface area contributed by atoms with E-state index in [1.54, 1.807) is 0 Å². The minimum Gasteiger partial charge on any atom is -0.465 e. The molecule has 1 saturated heterocycles. The zero-order chi connectivity index (χ0) is 47.5. The average Bonchev–Trinajstić information content (AvgIpc) is 3.40. The van der Waals surface area contributed by atoms with Crippen molar-refractivity contribution >= 4 is 17.8 Å². The molecular weight excluding hydrogens is 871 g/mol. The molecule has 1 aliphatic carbocycles. The van der Waals surface area contributed by atoms with E-state index in [0.717, 1.165) is 44.5 Å². The number of carbonyl (C=O) groups is 3. The van der Waals surface area contributed by atoms with E-state index < -0.39 is 30.4 Å². The van der Waals surface area contributed by atoms with Crippen LogP contribution >= 0.6 is 0 Å². The largest absolute Gasteiger partial charge is 0.465 e. The van der Waals surface area contributed by atoms with Gasteiger partial charge in [0, 0.05) is 25.3 Å². The quantitative estimate of drug-likeness (QED) is 0.0490. The summed E-state index contributed by atoms with van der Waals surface area (Å²) < 4.78 is 43.8. The zero-order valence-corrected chi connectivity index (χ0v) is 38.9. The Labute approximate surface area is 405 Å². The van der Waals surface area contributed by atoms with Crippen LogP contribution in [0.4, 0.5) is 0 Å². The Morgan fingerprint density at radius 1 is 0.551 bits per heavy atom. The lowest BCUT2D eigenvalue weighted by atomic mass is 9.78. The van der Waals surface area contributed by atoms with Gasteiger partial charge in [-0.15, -0.1) is 0 Å². The molecule has 0 aromatic heterocycles. The molecule has 8 rings (SSSR count). The molecule has 6 aromatic rings. The van der Waals surface area contributed by atoms with Crippen LogP contribution in [0.5, 0.6) is 0 Å². The highest BCUT2D eigenvalue weighted by molar-refractivity contribution is 5.83. The van der Waals surface area contributed by atoms with Crippen LogP contribution < -0.4 is 5.32 Å². The Balaban J connectivity index is 0.890. The monoisotopic (exact) mass is 931 g/mol. The summed E-state index contributed by atoms with van der Waals surface area (Å²) in [4.78, 5) is 39.8. The molecule has 1 heterocycles. The molecule has 0 saturated carbocycles. The lowest BCUT2D eigenvalue weighted by Gasteiger charge is -2.41. The number of hydrogen-bond acceptors (Lipinski definition) is 10. The van der Waals surface area contributed by atoms with Crippen LogP contribution in [-0.2, 0) is 80.4 Å². The second-order valence-corrected chi connectivity index (χ2v) is 17.5. The maximum absolute atomic E-state index is 14.1. The number of nitrogens with one attached hydrogen (secondary N) is 1. The Hall–Kier alpha value is -6.47.